The van der Waals surface area contributed by atoms with Gasteiger partial charge in [-0.25, -0.2) is 13.4 Å². The lowest BCUT2D eigenvalue weighted by Gasteiger charge is -2.13. The number of benzene rings is 3. The molecule has 1 aromatic heterocycles. The number of nitrogens with one attached hydrogen (secondary N) is 1. The Morgan fingerprint density at radius 3 is 2.43 bits per heavy atom. The predicted molar refractivity (Wildman–Crippen MR) is 116 cm³/mol. The van der Waals surface area contributed by atoms with Gasteiger partial charge in [0.1, 0.15) is 4.90 Å². The second-order valence-electron chi connectivity index (χ2n) is 6.15. The third-order valence-electron chi connectivity index (χ3n) is 4.36. The van der Waals surface area contributed by atoms with Crippen LogP contribution in [0.3, 0.4) is 0 Å². The largest absolute Gasteiger partial charge is 0.280 e. The molecule has 0 fully saturated rings. The van der Waals surface area contributed by atoms with Crippen LogP contribution in [0, 0.1) is 0 Å². The number of aromatic nitrogens is 1. The highest BCUT2D eigenvalue weighted by atomic mass is 35.5. The third-order valence-corrected chi connectivity index (χ3v) is 6.73. The van der Waals surface area contributed by atoms with Gasteiger partial charge in [0, 0.05) is 27.4 Å². The van der Waals surface area contributed by atoms with E-state index in [-0.39, 0.29) is 20.8 Å². The SMILES string of the molecule is O=S(=O)(Nc1ccc2nc3ccccc3c(CCl)c2c1)c1cc(Cl)ccc1Cl. The summed E-state index contributed by atoms with van der Waals surface area (Å²) in [6.07, 6.45) is 0. The Morgan fingerprint density at radius 2 is 1.64 bits per heavy atom. The van der Waals surface area contributed by atoms with Crippen LogP contribution in [-0.4, -0.2) is 13.4 Å². The van der Waals surface area contributed by atoms with Gasteiger partial charge >= 0.3 is 0 Å². The first-order valence-corrected chi connectivity index (χ1v) is 11.0. The van der Waals surface area contributed by atoms with Gasteiger partial charge in [-0.05, 0) is 48.0 Å². The molecule has 0 bridgehead atoms. The number of para-hydroxylation sites is 1. The lowest BCUT2D eigenvalue weighted by Crippen LogP contribution is -2.13. The predicted octanol–water partition coefficient (Wildman–Crippen LogP) is 6.23. The van der Waals surface area contributed by atoms with E-state index in [0.29, 0.717) is 5.69 Å². The normalized spacial score (nSPS) is 11.8. The van der Waals surface area contributed by atoms with Crippen LogP contribution in [0.2, 0.25) is 10.0 Å². The topological polar surface area (TPSA) is 59.1 Å². The van der Waals surface area contributed by atoms with Crippen molar-refractivity contribution in [3.8, 4) is 0 Å². The number of alkyl halides is 1. The molecule has 0 spiro atoms. The van der Waals surface area contributed by atoms with Gasteiger partial charge in [0.2, 0.25) is 0 Å². The molecule has 0 radical (unpaired) electrons. The smallest absolute Gasteiger partial charge is 0.263 e. The number of hydrogen-bond donors (Lipinski definition) is 1. The summed E-state index contributed by atoms with van der Waals surface area (Å²) in [5.74, 6) is 0.274. The fourth-order valence-corrected chi connectivity index (χ4v) is 5.18. The summed E-state index contributed by atoms with van der Waals surface area (Å²) >= 11 is 18.2. The monoisotopic (exact) mass is 450 g/mol. The van der Waals surface area contributed by atoms with Crippen molar-refractivity contribution in [3.63, 3.8) is 0 Å². The lowest BCUT2D eigenvalue weighted by molar-refractivity contribution is 0.601. The minimum Gasteiger partial charge on any atom is -0.280 e. The number of hydrogen-bond acceptors (Lipinski definition) is 3. The number of halogens is 3. The quantitative estimate of drug-likeness (QED) is 0.295. The Bertz CT molecular complexity index is 1320. The maximum absolute atomic E-state index is 12.8. The second kappa shape index (κ2) is 7.41. The van der Waals surface area contributed by atoms with Crippen LogP contribution in [0.5, 0.6) is 0 Å². The van der Waals surface area contributed by atoms with Crippen LogP contribution in [-0.2, 0) is 15.9 Å². The van der Waals surface area contributed by atoms with Crippen molar-refractivity contribution in [2.75, 3.05) is 4.72 Å². The molecule has 1 heterocycles. The summed E-state index contributed by atoms with van der Waals surface area (Å²) in [5, 5.41) is 2.09. The molecular weight excluding hydrogens is 439 g/mol. The fourth-order valence-electron chi connectivity index (χ4n) is 3.08. The van der Waals surface area contributed by atoms with Gasteiger partial charge in [0.25, 0.3) is 10.0 Å². The minimum absolute atomic E-state index is 0.0871. The molecule has 3 aromatic carbocycles. The first-order valence-electron chi connectivity index (χ1n) is 8.24. The molecule has 0 atom stereocenters. The van der Waals surface area contributed by atoms with Crippen molar-refractivity contribution in [1.29, 1.82) is 0 Å². The minimum atomic E-state index is -3.92. The molecule has 142 valence electrons. The maximum atomic E-state index is 12.8. The molecule has 0 aliphatic rings. The van der Waals surface area contributed by atoms with E-state index in [1.807, 2.05) is 24.3 Å². The standard InChI is InChI=1S/C20H13Cl3N2O2S/c21-11-16-14-3-1-2-4-18(14)24-19-8-6-13(10-15(16)19)25-28(26,27)20-9-12(22)5-7-17(20)23/h1-10,25H,11H2. The summed E-state index contributed by atoms with van der Waals surface area (Å²) in [4.78, 5) is 4.55. The lowest BCUT2D eigenvalue weighted by atomic mass is 10.0. The number of pyridine rings is 1. The zero-order valence-corrected chi connectivity index (χ0v) is 17.4. The van der Waals surface area contributed by atoms with Crippen LogP contribution in [0.25, 0.3) is 21.8 Å². The molecule has 0 saturated carbocycles. The van der Waals surface area contributed by atoms with Crippen molar-refractivity contribution in [2.45, 2.75) is 10.8 Å². The van der Waals surface area contributed by atoms with Gasteiger partial charge in [-0.3, -0.25) is 4.72 Å². The van der Waals surface area contributed by atoms with Crippen LogP contribution in [0.15, 0.2) is 65.6 Å². The molecule has 4 aromatic rings. The highest BCUT2D eigenvalue weighted by Gasteiger charge is 2.19. The molecule has 4 nitrogen and oxygen atoms in total. The summed E-state index contributed by atoms with van der Waals surface area (Å²) in [6, 6.07) is 17.1. The molecule has 4 rings (SSSR count). The van der Waals surface area contributed by atoms with Gasteiger partial charge in [-0.2, -0.15) is 0 Å². The van der Waals surface area contributed by atoms with E-state index in [1.165, 1.54) is 18.2 Å². The van der Waals surface area contributed by atoms with E-state index in [2.05, 4.69) is 9.71 Å². The van der Waals surface area contributed by atoms with Crippen LogP contribution in [0.1, 0.15) is 5.56 Å². The van der Waals surface area contributed by atoms with Crippen molar-refractivity contribution in [3.05, 3.63) is 76.3 Å². The molecular formula is C20H13Cl3N2O2S. The summed E-state index contributed by atoms with van der Waals surface area (Å²) in [7, 11) is -3.92. The van der Waals surface area contributed by atoms with Gasteiger partial charge in [-0.1, -0.05) is 41.4 Å². The van der Waals surface area contributed by atoms with E-state index < -0.39 is 10.0 Å². The van der Waals surface area contributed by atoms with E-state index in [4.69, 9.17) is 34.8 Å². The zero-order chi connectivity index (χ0) is 19.9. The van der Waals surface area contributed by atoms with E-state index >= 15 is 0 Å². The molecule has 0 saturated heterocycles. The molecule has 1 N–H and O–H groups in total. The molecule has 0 aliphatic carbocycles. The average molecular weight is 452 g/mol. The summed E-state index contributed by atoms with van der Waals surface area (Å²) < 4.78 is 28.1. The number of sulfonamides is 1. The van der Waals surface area contributed by atoms with Crippen LogP contribution >= 0.6 is 34.8 Å². The fraction of sp³-hybridized carbons (Fsp3) is 0.0500. The third kappa shape index (κ3) is 3.51. The van der Waals surface area contributed by atoms with Crippen molar-refractivity contribution < 1.29 is 8.42 Å². The highest BCUT2D eigenvalue weighted by Crippen LogP contribution is 2.31. The van der Waals surface area contributed by atoms with Crippen molar-refractivity contribution in [1.82, 2.24) is 4.98 Å². The van der Waals surface area contributed by atoms with E-state index in [9.17, 15) is 8.42 Å². The second-order valence-corrected chi connectivity index (χ2v) is 8.92. The van der Waals surface area contributed by atoms with E-state index in [0.717, 1.165) is 27.4 Å². The molecule has 0 amide bonds. The van der Waals surface area contributed by atoms with Crippen LogP contribution in [0.4, 0.5) is 5.69 Å². The van der Waals surface area contributed by atoms with Crippen LogP contribution < -0.4 is 4.72 Å². The number of nitrogens with zero attached hydrogens (tertiary/aromatic N) is 1. The summed E-state index contributed by atoms with van der Waals surface area (Å²) in [6.45, 7) is 0. The van der Waals surface area contributed by atoms with Gasteiger partial charge in [-0.15, -0.1) is 11.6 Å². The average Bonchev–Trinajstić information content (AvgIpc) is 2.67. The van der Waals surface area contributed by atoms with Gasteiger partial charge < -0.3 is 0 Å². The zero-order valence-electron chi connectivity index (χ0n) is 14.3. The molecule has 0 unspecified atom stereocenters. The Kier molecular flexibility index (Phi) is 5.10. The highest BCUT2D eigenvalue weighted by molar-refractivity contribution is 7.92. The summed E-state index contributed by atoms with van der Waals surface area (Å²) in [5.41, 5.74) is 2.85. The van der Waals surface area contributed by atoms with Crippen molar-refractivity contribution >= 4 is 72.3 Å². The van der Waals surface area contributed by atoms with Gasteiger partial charge in [0.15, 0.2) is 0 Å². The Morgan fingerprint density at radius 1 is 0.893 bits per heavy atom. The maximum Gasteiger partial charge on any atom is 0.263 e. The van der Waals surface area contributed by atoms with E-state index in [1.54, 1.807) is 18.2 Å². The first kappa shape index (κ1) is 19.3. The molecule has 0 aliphatic heterocycles. The Hall–Kier alpha value is -2.05. The Labute approximate surface area is 177 Å². The number of fused-ring (bicyclic) bond motifs is 2. The number of rotatable bonds is 4. The van der Waals surface area contributed by atoms with Crippen molar-refractivity contribution in [2.24, 2.45) is 0 Å². The molecule has 28 heavy (non-hydrogen) atoms. The molecule has 8 heteroatoms. The van der Waals surface area contributed by atoms with Gasteiger partial charge in [0.05, 0.1) is 16.1 Å². The Balaban J connectivity index is 1.84. The number of anilines is 1. The first-order chi connectivity index (χ1) is 13.4.